The third-order valence-electron chi connectivity index (χ3n) is 4.71. The van der Waals surface area contributed by atoms with E-state index in [9.17, 15) is 9.59 Å². The fraction of sp³-hybridized carbons (Fsp3) is 0.400. The molecule has 0 aliphatic carbocycles. The molecule has 6 nitrogen and oxygen atoms in total. The minimum absolute atomic E-state index is 0.193. The molecule has 1 atom stereocenters. The molecule has 1 unspecified atom stereocenters. The van der Waals surface area contributed by atoms with Crippen molar-refractivity contribution in [2.75, 3.05) is 13.2 Å². The predicted molar refractivity (Wildman–Crippen MR) is 95.0 cm³/mol. The third-order valence-corrected chi connectivity index (χ3v) is 4.71. The molecule has 0 bridgehead atoms. The van der Waals surface area contributed by atoms with Gasteiger partial charge >= 0.3 is 5.97 Å². The summed E-state index contributed by atoms with van der Waals surface area (Å²) < 4.78 is 11.3. The summed E-state index contributed by atoms with van der Waals surface area (Å²) in [5.41, 5.74) is 1.49. The van der Waals surface area contributed by atoms with Crippen molar-refractivity contribution in [3.63, 3.8) is 0 Å². The SMILES string of the molecule is Cc1coc(CC(=O)O)c1C(=O)N1CC(c2ccccc2)OCC1(C)C. The summed E-state index contributed by atoms with van der Waals surface area (Å²) in [6.07, 6.45) is 0.901. The number of carbonyl (C=O) groups is 2. The maximum absolute atomic E-state index is 13.3. The highest BCUT2D eigenvalue weighted by Crippen LogP contribution is 2.33. The number of rotatable bonds is 4. The first-order valence-corrected chi connectivity index (χ1v) is 8.57. The van der Waals surface area contributed by atoms with Crippen molar-refractivity contribution in [3.05, 3.63) is 59.0 Å². The molecule has 0 spiro atoms. The van der Waals surface area contributed by atoms with E-state index in [0.29, 0.717) is 24.3 Å². The van der Waals surface area contributed by atoms with Gasteiger partial charge in [-0.2, -0.15) is 0 Å². The molecule has 2 heterocycles. The van der Waals surface area contributed by atoms with Crippen LogP contribution in [0.3, 0.4) is 0 Å². The van der Waals surface area contributed by atoms with Gasteiger partial charge in [0.15, 0.2) is 0 Å². The second kappa shape index (κ2) is 6.96. The zero-order valence-corrected chi connectivity index (χ0v) is 15.2. The molecule has 138 valence electrons. The van der Waals surface area contributed by atoms with Crippen molar-refractivity contribution < 1.29 is 23.8 Å². The number of carboxylic acid groups (broad SMARTS) is 1. The van der Waals surface area contributed by atoms with Crippen molar-refractivity contribution in [3.8, 4) is 0 Å². The number of amides is 1. The van der Waals surface area contributed by atoms with Gasteiger partial charge in [0.2, 0.25) is 0 Å². The maximum Gasteiger partial charge on any atom is 0.311 e. The minimum atomic E-state index is -1.03. The van der Waals surface area contributed by atoms with E-state index in [1.54, 1.807) is 11.8 Å². The Kier molecular flexibility index (Phi) is 4.87. The molecular weight excluding hydrogens is 334 g/mol. The highest BCUT2D eigenvalue weighted by Gasteiger charge is 2.40. The Morgan fingerprint density at radius 2 is 1.96 bits per heavy atom. The highest BCUT2D eigenvalue weighted by atomic mass is 16.5. The second-order valence-corrected chi connectivity index (χ2v) is 7.23. The molecular formula is C20H23NO5. The molecule has 1 N–H and O–H groups in total. The van der Waals surface area contributed by atoms with Crippen LogP contribution in [0.1, 0.15) is 47.2 Å². The number of morpholine rings is 1. The van der Waals surface area contributed by atoms with E-state index in [1.165, 1.54) is 6.26 Å². The van der Waals surface area contributed by atoms with Crippen molar-refractivity contribution in [2.45, 2.75) is 38.8 Å². The zero-order chi connectivity index (χ0) is 18.9. The maximum atomic E-state index is 13.3. The van der Waals surface area contributed by atoms with Crippen LogP contribution in [-0.4, -0.2) is 40.6 Å². The lowest BCUT2D eigenvalue weighted by Gasteiger charge is -2.45. The zero-order valence-electron chi connectivity index (χ0n) is 15.2. The molecule has 1 aliphatic rings. The van der Waals surface area contributed by atoms with Gasteiger partial charge in [0.1, 0.15) is 18.3 Å². The lowest BCUT2D eigenvalue weighted by molar-refractivity contribution is -0.136. The molecule has 2 aromatic rings. The number of aliphatic carboxylic acids is 1. The van der Waals surface area contributed by atoms with E-state index in [0.717, 1.165) is 5.56 Å². The van der Waals surface area contributed by atoms with Crippen LogP contribution in [0.5, 0.6) is 0 Å². The van der Waals surface area contributed by atoms with E-state index >= 15 is 0 Å². The van der Waals surface area contributed by atoms with Gasteiger partial charge in [-0.1, -0.05) is 30.3 Å². The van der Waals surface area contributed by atoms with Crippen molar-refractivity contribution >= 4 is 11.9 Å². The molecule has 1 amide bonds. The number of furan rings is 1. The van der Waals surface area contributed by atoms with E-state index in [-0.39, 0.29) is 24.2 Å². The van der Waals surface area contributed by atoms with Crippen LogP contribution in [0.2, 0.25) is 0 Å². The summed E-state index contributed by atoms with van der Waals surface area (Å²) in [5, 5.41) is 9.08. The van der Waals surface area contributed by atoms with E-state index in [4.69, 9.17) is 14.3 Å². The Hall–Kier alpha value is -2.60. The first kappa shape index (κ1) is 18.2. The molecule has 3 rings (SSSR count). The summed E-state index contributed by atoms with van der Waals surface area (Å²) in [4.78, 5) is 26.1. The van der Waals surface area contributed by atoms with Crippen molar-refractivity contribution in [1.29, 1.82) is 0 Å². The van der Waals surface area contributed by atoms with Crippen LogP contribution in [0.4, 0.5) is 0 Å². The average molecular weight is 357 g/mol. The van der Waals surface area contributed by atoms with Gasteiger partial charge in [0.05, 0.1) is 30.5 Å². The van der Waals surface area contributed by atoms with Crippen molar-refractivity contribution in [2.24, 2.45) is 0 Å². The summed E-state index contributed by atoms with van der Waals surface area (Å²) in [7, 11) is 0. The largest absolute Gasteiger partial charge is 0.481 e. The van der Waals surface area contributed by atoms with Gasteiger partial charge in [-0.05, 0) is 26.3 Å². The Bertz CT molecular complexity index is 809. The summed E-state index contributed by atoms with van der Waals surface area (Å²) in [6, 6.07) is 9.77. The molecule has 1 aromatic carbocycles. The summed E-state index contributed by atoms with van der Waals surface area (Å²) in [6.45, 7) is 6.43. The molecule has 0 saturated carbocycles. The van der Waals surface area contributed by atoms with Gasteiger partial charge in [-0.25, -0.2) is 0 Å². The number of carbonyl (C=O) groups excluding carboxylic acids is 1. The topological polar surface area (TPSA) is 80.0 Å². The Morgan fingerprint density at radius 1 is 1.27 bits per heavy atom. The number of hydrogen-bond donors (Lipinski definition) is 1. The number of benzene rings is 1. The third kappa shape index (κ3) is 3.51. The quantitative estimate of drug-likeness (QED) is 0.909. The fourth-order valence-corrected chi connectivity index (χ4v) is 3.26. The summed E-state index contributed by atoms with van der Waals surface area (Å²) in [5.74, 6) is -1.06. The van der Waals surface area contributed by atoms with Crippen molar-refractivity contribution in [1.82, 2.24) is 4.90 Å². The van der Waals surface area contributed by atoms with Gasteiger partial charge in [0.25, 0.3) is 5.91 Å². The van der Waals surface area contributed by atoms with Crippen LogP contribution in [0, 0.1) is 6.92 Å². The average Bonchev–Trinajstić information content (AvgIpc) is 2.94. The Morgan fingerprint density at radius 3 is 2.62 bits per heavy atom. The fourth-order valence-electron chi connectivity index (χ4n) is 3.26. The first-order chi connectivity index (χ1) is 12.3. The lowest BCUT2D eigenvalue weighted by Crippen LogP contribution is -2.56. The number of nitrogens with zero attached hydrogens (tertiary/aromatic N) is 1. The van der Waals surface area contributed by atoms with Crippen LogP contribution in [0.25, 0.3) is 0 Å². The molecule has 1 aliphatic heterocycles. The highest BCUT2D eigenvalue weighted by molar-refractivity contribution is 5.98. The molecule has 1 saturated heterocycles. The Balaban J connectivity index is 1.91. The standard InChI is InChI=1S/C20H23NO5/c1-13-11-25-15(9-17(22)23)18(13)19(24)21-10-16(26-12-20(21,2)3)14-7-5-4-6-8-14/h4-8,11,16H,9-10,12H2,1-3H3,(H,22,23). The van der Waals surface area contributed by atoms with Crippen LogP contribution < -0.4 is 0 Å². The number of ether oxygens (including phenoxy) is 1. The van der Waals surface area contributed by atoms with E-state index < -0.39 is 11.5 Å². The van der Waals surface area contributed by atoms with Gasteiger partial charge < -0.3 is 19.2 Å². The van der Waals surface area contributed by atoms with E-state index in [2.05, 4.69) is 0 Å². The minimum Gasteiger partial charge on any atom is -0.481 e. The molecule has 1 aromatic heterocycles. The predicted octanol–water partition coefficient (Wildman–Crippen LogP) is 3.21. The molecule has 0 radical (unpaired) electrons. The first-order valence-electron chi connectivity index (χ1n) is 8.57. The van der Waals surface area contributed by atoms with Crippen LogP contribution >= 0.6 is 0 Å². The van der Waals surface area contributed by atoms with Gasteiger partial charge in [-0.15, -0.1) is 0 Å². The monoisotopic (exact) mass is 357 g/mol. The summed E-state index contributed by atoms with van der Waals surface area (Å²) >= 11 is 0. The number of hydrogen-bond acceptors (Lipinski definition) is 4. The molecule has 6 heteroatoms. The Labute approximate surface area is 152 Å². The van der Waals surface area contributed by atoms with E-state index in [1.807, 2.05) is 44.2 Å². The molecule has 1 fully saturated rings. The molecule has 26 heavy (non-hydrogen) atoms. The van der Waals surface area contributed by atoms with Gasteiger partial charge in [0, 0.05) is 5.56 Å². The smallest absolute Gasteiger partial charge is 0.311 e. The van der Waals surface area contributed by atoms with Gasteiger partial charge in [-0.3, -0.25) is 9.59 Å². The number of carboxylic acids is 1. The van der Waals surface area contributed by atoms with Crippen LogP contribution in [-0.2, 0) is 16.0 Å². The number of aryl methyl sites for hydroxylation is 1. The second-order valence-electron chi connectivity index (χ2n) is 7.23. The normalized spacial score (nSPS) is 19.3. The lowest BCUT2D eigenvalue weighted by atomic mass is 9.96. The van der Waals surface area contributed by atoms with Crippen LogP contribution in [0.15, 0.2) is 41.0 Å².